The molecule has 1 fully saturated rings. The van der Waals surface area contributed by atoms with Crippen LogP contribution >= 0.6 is 11.6 Å². The molecule has 2 aliphatic heterocycles. The summed E-state index contributed by atoms with van der Waals surface area (Å²) in [4.78, 5) is 22.0. The molecule has 0 aliphatic carbocycles. The maximum absolute atomic E-state index is 12.5. The molecule has 1 saturated heterocycles. The highest BCUT2D eigenvalue weighted by Gasteiger charge is 2.39. The fourth-order valence-electron chi connectivity index (χ4n) is 3.26. The Balaban J connectivity index is 1.63. The molecule has 0 radical (unpaired) electrons. The summed E-state index contributed by atoms with van der Waals surface area (Å²) >= 11 is 5.98. The number of hydroxylamine groups is 1. The van der Waals surface area contributed by atoms with Crippen LogP contribution in [0.15, 0.2) is 36.0 Å². The number of halogens is 1. The molecule has 3 rings (SSSR count). The van der Waals surface area contributed by atoms with E-state index in [4.69, 9.17) is 16.4 Å². The number of hydrogen-bond acceptors (Lipinski definition) is 3. The quantitative estimate of drug-likeness (QED) is 0.808. The van der Waals surface area contributed by atoms with Crippen LogP contribution in [0.3, 0.4) is 0 Å². The highest BCUT2D eigenvalue weighted by Crippen LogP contribution is 2.32. The number of carbonyl (C=O) groups is 1. The van der Waals surface area contributed by atoms with Crippen molar-refractivity contribution in [2.45, 2.75) is 32.3 Å². The third-order valence-corrected chi connectivity index (χ3v) is 5.09. The lowest BCUT2D eigenvalue weighted by molar-refractivity contribution is -0.0687. The molecule has 2 aliphatic rings. The second-order valence-electron chi connectivity index (χ2n) is 6.53. The van der Waals surface area contributed by atoms with E-state index in [0.29, 0.717) is 18.1 Å². The first-order valence-corrected chi connectivity index (χ1v) is 9.41. The lowest BCUT2D eigenvalue weighted by Crippen LogP contribution is -2.51. The third-order valence-electron chi connectivity index (χ3n) is 4.85. The van der Waals surface area contributed by atoms with E-state index in [1.807, 2.05) is 54.0 Å². The monoisotopic (exact) mass is 373 g/mol. The molecule has 6 heteroatoms. The summed E-state index contributed by atoms with van der Waals surface area (Å²) in [6.07, 6.45) is 3.56. The Hall–Kier alpha value is -2.16. The number of amides is 2. The molecular weight excluding hydrogens is 350 g/mol. The minimum absolute atomic E-state index is 0.112. The Morgan fingerprint density at radius 3 is 2.69 bits per heavy atom. The van der Waals surface area contributed by atoms with Gasteiger partial charge in [0.1, 0.15) is 11.3 Å². The van der Waals surface area contributed by atoms with Crippen LogP contribution in [0.2, 0.25) is 5.02 Å². The van der Waals surface area contributed by atoms with Crippen molar-refractivity contribution in [3.05, 3.63) is 46.6 Å². The predicted octanol–water partition coefficient (Wildman–Crippen LogP) is 3.41. The molecular formula is C20H24ClN3O2. The van der Waals surface area contributed by atoms with Crippen molar-refractivity contribution in [2.75, 3.05) is 26.2 Å². The topological polar surface area (TPSA) is 44.8 Å². The van der Waals surface area contributed by atoms with Crippen LogP contribution in [0.25, 0.3) is 0 Å². The lowest BCUT2D eigenvalue weighted by Gasteiger charge is -2.38. The molecule has 26 heavy (non-hydrogen) atoms. The zero-order valence-electron chi connectivity index (χ0n) is 15.2. The molecule has 0 atom stereocenters. The first-order chi connectivity index (χ1) is 12.5. The SMILES string of the molecule is CCN(CC)C(=O)N1CCC2(C=C(C#Cc3cccc(Cl)c3)NO2)CC1. The number of benzene rings is 1. The van der Waals surface area contributed by atoms with Gasteiger partial charge in [0.25, 0.3) is 0 Å². The van der Waals surface area contributed by atoms with E-state index >= 15 is 0 Å². The average Bonchev–Trinajstić information content (AvgIpc) is 3.04. The highest BCUT2D eigenvalue weighted by molar-refractivity contribution is 6.30. The molecule has 0 bridgehead atoms. The number of urea groups is 1. The van der Waals surface area contributed by atoms with Crippen molar-refractivity contribution in [3.63, 3.8) is 0 Å². The van der Waals surface area contributed by atoms with Gasteiger partial charge in [-0.05, 0) is 44.0 Å². The van der Waals surface area contributed by atoms with Crippen LogP contribution in [-0.2, 0) is 4.84 Å². The molecule has 0 unspecified atom stereocenters. The second-order valence-corrected chi connectivity index (χ2v) is 6.97. The molecule has 1 N–H and O–H groups in total. The summed E-state index contributed by atoms with van der Waals surface area (Å²) < 4.78 is 0. The van der Waals surface area contributed by atoms with E-state index in [2.05, 4.69) is 17.3 Å². The first-order valence-electron chi connectivity index (χ1n) is 9.03. The largest absolute Gasteiger partial charge is 0.325 e. The van der Waals surface area contributed by atoms with Crippen LogP contribution < -0.4 is 5.48 Å². The minimum Gasteiger partial charge on any atom is -0.325 e. The normalized spacial score (nSPS) is 18.0. The molecule has 138 valence electrons. The van der Waals surface area contributed by atoms with E-state index in [0.717, 1.165) is 37.2 Å². The van der Waals surface area contributed by atoms with Gasteiger partial charge in [0.2, 0.25) is 0 Å². The maximum Gasteiger partial charge on any atom is 0.319 e. The molecule has 0 aromatic heterocycles. The smallest absolute Gasteiger partial charge is 0.319 e. The van der Waals surface area contributed by atoms with E-state index in [1.54, 1.807) is 0 Å². The van der Waals surface area contributed by atoms with Gasteiger partial charge in [0, 0.05) is 49.6 Å². The van der Waals surface area contributed by atoms with Gasteiger partial charge in [-0.15, -0.1) is 0 Å². The van der Waals surface area contributed by atoms with Crippen molar-refractivity contribution >= 4 is 17.6 Å². The summed E-state index contributed by atoms with van der Waals surface area (Å²) in [5.41, 5.74) is 4.17. The molecule has 5 nitrogen and oxygen atoms in total. The number of piperidine rings is 1. The van der Waals surface area contributed by atoms with Gasteiger partial charge in [-0.25, -0.2) is 4.79 Å². The van der Waals surface area contributed by atoms with E-state index in [1.165, 1.54) is 0 Å². The molecule has 1 spiro atoms. The van der Waals surface area contributed by atoms with Gasteiger partial charge >= 0.3 is 6.03 Å². The Kier molecular flexibility index (Phi) is 5.75. The fraction of sp³-hybridized carbons (Fsp3) is 0.450. The van der Waals surface area contributed by atoms with Crippen molar-refractivity contribution in [1.82, 2.24) is 15.3 Å². The predicted molar refractivity (Wildman–Crippen MR) is 102 cm³/mol. The summed E-state index contributed by atoms with van der Waals surface area (Å²) in [7, 11) is 0. The summed E-state index contributed by atoms with van der Waals surface area (Å²) in [5, 5.41) is 0.670. The van der Waals surface area contributed by atoms with E-state index in [-0.39, 0.29) is 11.6 Å². The number of likely N-dealkylation sites (tertiary alicyclic amines) is 1. The van der Waals surface area contributed by atoms with E-state index in [9.17, 15) is 4.79 Å². The summed E-state index contributed by atoms with van der Waals surface area (Å²) in [5.74, 6) is 6.18. The van der Waals surface area contributed by atoms with Gasteiger partial charge in [-0.3, -0.25) is 10.3 Å². The highest BCUT2D eigenvalue weighted by atomic mass is 35.5. The van der Waals surface area contributed by atoms with Gasteiger partial charge in [0.15, 0.2) is 0 Å². The van der Waals surface area contributed by atoms with Crippen LogP contribution in [-0.4, -0.2) is 47.6 Å². The van der Waals surface area contributed by atoms with Crippen molar-refractivity contribution < 1.29 is 9.63 Å². The summed E-state index contributed by atoms with van der Waals surface area (Å²) in [6, 6.07) is 7.57. The number of nitrogens with zero attached hydrogens (tertiary/aromatic N) is 2. The van der Waals surface area contributed by atoms with Crippen molar-refractivity contribution in [1.29, 1.82) is 0 Å². The van der Waals surface area contributed by atoms with Crippen LogP contribution in [0.1, 0.15) is 32.3 Å². The lowest BCUT2D eigenvalue weighted by atomic mass is 9.91. The standard InChI is InChI=1S/C20H24ClN3O2/c1-3-23(4-2)19(25)24-12-10-20(11-13-24)15-18(22-26-20)9-8-16-6-5-7-17(21)14-16/h5-7,14-15,22H,3-4,10-13H2,1-2H3. The van der Waals surface area contributed by atoms with Crippen molar-refractivity contribution in [3.8, 4) is 11.8 Å². The number of nitrogens with one attached hydrogen (secondary N) is 1. The van der Waals surface area contributed by atoms with Crippen LogP contribution in [0.5, 0.6) is 0 Å². The number of rotatable bonds is 2. The zero-order valence-corrected chi connectivity index (χ0v) is 16.0. The van der Waals surface area contributed by atoms with Gasteiger partial charge in [-0.1, -0.05) is 23.6 Å². The molecule has 2 heterocycles. The molecule has 1 aromatic carbocycles. The van der Waals surface area contributed by atoms with Crippen LogP contribution in [0, 0.1) is 11.8 Å². The Labute approximate surface area is 159 Å². The van der Waals surface area contributed by atoms with E-state index < -0.39 is 0 Å². The Morgan fingerprint density at radius 1 is 1.31 bits per heavy atom. The van der Waals surface area contributed by atoms with Crippen molar-refractivity contribution in [2.24, 2.45) is 0 Å². The maximum atomic E-state index is 12.5. The number of hydrogen-bond donors (Lipinski definition) is 1. The van der Waals surface area contributed by atoms with Gasteiger partial charge < -0.3 is 9.80 Å². The third kappa shape index (κ3) is 4.14. The van der Waals surface area contributed by atoms with Crippen LogP contribution in [0.4, 0.5) is 4.79 Å². The van der Waals surface area contributed by atoms with Gasteiger partial charge in [-0.2, -0.15) is 0 Å². The average molecular weight is 374 g/mol. The molecule has 0 saturated carbocycles. The number of allylic oxidation sites excluding steroid dienone is 1. The first kappa shape index (κ1) is 18.6. The minimum atomic E-state index is -0.377. The molecule has 1 aromatic rings. The molecule has 2 amide bonds. The Bertz CT molecular complexity index is 754. The Morgan fingerprint density at radius 2 is 2.04 bits per heavy atom. The number of carbonyl (C=O) groups excluding carboxylic acids is 1. The second kappa shape index (κ2) is 8.03. The summed E-state index contributed by atoms with van der Waals surface area (Å²) in [6.45, 7) is 6.84. The zero-order chi connectivity index (χ0) is 18.6. The fourth-order valence-corrected chi connectivity index (χ4v) is 3.45. The van der Waals surface area contributed by atoms with Gasteiger partial charge in [0.05, 0.1) is 0 Å².